The Morgan fingerprint density at radius 2 is 1.90 bits per heavy atom. The van der Waals surface area contributed by atoms with Crippen LogP contribution in [0.3, 0.4) is 0 Å². The highest BCUT2D eigenvalue weighted by atomic mass is 32.2. The zero-order valence-corrected chi connectivity index (χ0v) is 17.9. The van der Waals surface area contributed by atoms with Gasteiger partial charge in [-0.1, -0.05) is 23.9 Å². The second kappa shape index (κ2) is 8.69. The van der Waals surface area contributed by atoms with Gasteiger partial charge in [-0.3, -0.25) is 14.4 Å². The number of carbonyl (C=O) groups is 3. The van der Waals surface area contributed by atoms with Crippen molar-refractivity contribution in [2.24, 2.45) is 0 Å². The number of nitrogens with zero attached hydrogens (tertiary/aromatic N) is 1. The van der Waals surface area contributed by atoms with Crippen molar-refractivity contribution in [2.75, 3.05) is 16.8 Å². The highest BCUT2D eigenvalue weighted by Crippen LogP contribution is 2.42. The number of fused-ring (bicyclic) bond motifs is 2. The first kappa shape index (κ1) is 20.7. The van der Waals surface area contributed by atoms with Gasteiger partial charge in [0.1, 0.15) is 6.04 Å². The summed E-state index contributed by atoms with van der Waals surface area (Å²) >= 11 is 1.49. The molecule has 1 aliphatic heterocycles. The fourth-order valence-corrected chi connectivity index (χ4v) is 4.43. The van der Waals surface area contributed by atoms with Crippen LogP contribution in [0, 0.1) is 0 Å². The van der Waals surface area contributed by atoms with Gasteiger partial charge in [-0.15, -0.1) is 0 Å². The van der Waals surface area contributed by atoms with E-state index in [9.17, 15) is 14.4 Å². The number of carbonyl (C=O) groups excluding carboxylic acids is 3. The number of anilines is 2. The molecule has 3 amide bonds. The standard InChI is InChI=1S/C23H21N3O4S/c1-3-26-17-11-10-15(13-20(17)31-19-9-5-4-7-16(19)23(26)29)25-21(27)14(2)24-22(28)18-8-6-12-30-18/h4-14H,3H2,1-2H3,(H,24,28)(H,25,27). The Bertz CT molecular complexity index is 1140. The van der Waals surface area contributed by atoms with Crippen LogP contribution in [0.1, 0.15) is 34.8 Å². The van der Waals surface area contributed by atoms with Crippen molar-refractivity contribution in [1.29, 1.82) is 0 Å². The van der Waals surface area contributed by atoms with E-state index < -0.39 is 11.9 Å². The molecule has 1 aromatic heterocycles. The van der Waals surface area contributed by atoms with E-state index in [1.807, 2.05) is 43.3 Å². The van der Waals surface area contributed by atoms with Crippen molar-refractivity contribution in [2.45, 2.75) is 29.7 Å². The van der Waals surface area contributed by atoms with Gasteiger partial charge in [-0.2, -0.15) is 0 Å². The minimum Gasteiger partial charge on any atom is -0.459 e. The van der Waals surface area contributed by atoms with E-state index in [0.717, 1.165) is 15.5 Å². The molecule has 4 rings (SSSR count). The lowest BCUT2D eigenvalue weighted by atomic mass is 10.1. The van der Waals surface area contributed by atoms with Crippen molar-refractivity contribution >= 4 is 40.9 Å². The molecule has 0 spiro atoms. The average molecular weight is 436 g/mol. The summed E-state index contributed by atoms with van der Waals surface area (Å²) < 4.78 is 5.05. The summed E-state index contributed by atoms with van der Waals surface area (Å²) in [4.78, 5) is 41.1. The molecular weight excluding hydrogens is 414 g/mol. The van der Waals surface area contributed by atoms with Crippen molar-refractivity contribution in [1.82, 2.24) is 5.32 Å². The van der Waals surface area contributed by atoms with E-state index >= 15 is 0 Å². The van der Waals surface area contributed by atoms with Crippen molar-refractivity contribution in [3.8, 4) is 0 Å². The summed E-state index contributed by atoms with van der Waals surface area (Å²) in [6.45, 7) is 4.06. The van der Waals surface area contributed by atoms with Crippen molar-refractivity contribution in [3.05, 3.63) is 72.2 Å². The Labute approximate surface area is 183 Å². The molecule has 0 bridgehead atoms. The quantitative estimate of drug-likeness (QED) is 0.628. The van der Waals surface area contributed by atoms with Gasteiger partial charge in [-0.25, -0.2) is 0 Å². The van der Waals surface area contributed by atoms with E-state index in [1.54, 1.807) is 24.0 Å². The van der Waals surface area contributed by atoms with E-state index in [-0.39, 0.29) is 17.6 Å². The fraction of sp³-hybridized carbons (Fsp3) is 0.174. The third kappa shape index (κ3) is 4.20. The number of hydrogen-bond donors (Lipinski definition) is 2. The second-order valence-electron chi connectivity index (χ2n) is 6.99. The summed E-state index contributed by atoms with van der Waals surface area (Å²) in [5.74, 6) is -0.722. The summed E-state index contributed by atoms with van der Waals surface area (Å²) in [6.07, 6.45) is 1.40. The topological polar surface area (TPSA) is 91.7 Å². The average Bonchev–Trinajstić information content (AvgIpc) is 3.27. The Balaban J connectivity index is 1.54. The summed E-state index contributed by atoms with van der Waals surface area (Å²) in [7, 11) is 0. The largest absolute Gasteiger partial charge is 0.459 e. The second-order valence-corrected chi connectivity index (χ2v) is 8.08. The predicted molar refractivity (Wildman–Crippen MR) is 119 cm³/mol. The van der Waals surface area contributed by atoms with Crippen LogP contribution in [0.5, 0.6) is 0 Å². The molecule has 1 atom stereocenters. The van der Waals surface area contributed by atoms with Crippen LogP contribution in [0.4, 0.5) is 11.4 Å². The molecule has 2 aromatic carbocycles. The smallest absolute Gasteiger partial charge is 0.287 e. The van der Waals surface area contributed by atoms with Crippen molar-refractivity contribution in [3.63, 3.8) is 0 Å². The molecule has 7 nitrogen and oxygen atoms in total. The highest BCUT2D eigenvalue weighted by molar-refractivity contribution is 7.99. The maximum atomic E-state index is 13.0. The molecule has 0 fully saturated rings. The molecule has 2 heterocycles. The Morgan fingerprint density at radius 1 is 1.10 bits per heavy atom. The van der Waals surface area contributed by atoms with E-state index in [2.05, 4.69) is 10.6 Å². The molecule has 0 saturated heterocycles. The lowest BCUT2D eigenvalue weighted by Gasteiger charge is -2.22. The van der Waals surface area contributed by atoms with Gasteiger partial charge in [-0.05, 0) is 56.3 Å². The molecule has 1 aliphatic rings. The molecule has 0 radical (unpaired) electrons. The number of nitrogens with one attached hydrogen (secondary N) is 2. The number of hydrogen-bond acceptors (Lipinski definition) is 5. The minimum atomic E-state index is -0.765. The van der Waals surface area contributed by atoms with Crippen LogP contribution < -0.4 is 15.5 Å². The van der Waals surface area contributed by atoms with Gasteiger partial charge in [0.2, 0.25) is 5.91 Å². The first-order valence-electron chi connectivity index (χ1n) is 9.86. The van der Waals surface area contributed by atoms with Crippen LogP contribution in [0.25, 0.3) is 0 Å². The predicted octanol–water partition coefficient (Wildman–Crippen LogP) is 4.17. The first-order valence-corrected chi connectivity index (χ1v) is 10.7. The normalized spacial score (nSPS) is 13.6. The molecule has 8 heteroatoms. The molecule has 3 aromatic rings. The summed E-state index contributed by atoms with van der Waals surface area (Å²) in [5.41, 5.74) is 2.04. The Kier molecular flexibility index (Phi) is 5.81. The van der Waals surface area contributed by atoms with Crippen LogP contribution in [0.2, 0.25) is 0 Å². The Morgan fingerprint density at radius 3 is 2.65 bits per heavy atom. The molecule has 31 heavy (non-hydrogen) atoms. The van der Waals surface area contributed by atoms with E-state index in [0.29, 0.717) is 17.8 Å². The minimum absolute atomic E-state index is 0.0459. The monoisotopic (exact) mass is 435 g/mol. The molecular formula is C23H21N3O4S. The highest BCUT2D eigenvalue weighted by Gasteiger charge is 2.26. The van der Waals surface area contributed by atoms with E-state index in [1.165, 1.54) is 24.1 Å². The molecule has 158 valence electrons. The first-order chi connectivity index (χ1) is 15.0. The van der Waals surface area contributed by atoms with Gasteiger partial charge in [0.15, 0.2) is 5.76 Å². The zero-order valence-electron chi connectivity index (χ0n) is 17.0. The third-order valence-corrected chi connectivity index (χ3v) is 6.03. The van der Waals surface area contributed by atoms with Crippen LogP contribution in [0.15, 0.2) is 75.1 Å². The lowest BCUT2D eigenvalue weighted by molar-refractivity contribution is -0.117. The zero-order chi connectivity index (χ0) is 22.0. The van der Waals surface area contributed by atoms with Crippen molar-refractivity contribution < 1.29 is 18.8 Å². The van der Waals surface area contributed by atoms with Gasteiger partial charge < -0.3 is 20.0 Å². The van der Waals surface area contributed by atoms with Crippen LogP contribution in [-0.4, -0.2) is 30.3 Å². The maximum Gasteiger partial charge on any atom is 0.287 e. The Hall–Kier alpha value is -3.52. The van der Waals surface area contributed by atoms with Crippen LogP contribution in [-0.2, 0) is 4.79 Å². The molecule has 0 aliphatic carbocycles. The maximum absolute atomic E-state index is 13.0. The van der Waals surface area contributed by atoms with Gasteiger partial charge >= 0.3 is 0 Å². The molecule has 1 unspecified atom stereocenters. The number of furan rings is 1. The third-order valence-electron chi connectivity index (χ3n) is 4.90. The van der Waals surface area contributed by atoms with Gasteiger partial charge in [0.05, 0.1) is 17.5 Å². The van der Waals surface area contributed by atoms with Crippen LogP contribution >= 0.6 is 11.8 Å². The number of amides is 3. The fourth-order valence-electron chi connectivity index (χ4n) is 3.31. The summed E-state index contributed by atoms with van der Waals surface area (Å²) in [6, 6.07) is 15.3. The lowest BCUT2D eigenvalue weighted by Crippen LogP contribution is -2.41. The summed E-state index contributed by atoms with van der Waals surface area (Å²) in [5, 5.41) is 5.44. The van der Waals surface area contributed by atoms with Gasteiger partial charge in [0, 0.05) is 22.0 Å². The molecule has 2 N–H and O–H groups in total. The van der Waals surface area contributed by atoms with E-state index in [4.69, 9.17) is 4.42 Å². The SMILES string of the molecule is CCN1C(=O)c2ccccc2Sc2cc(NC(=O)C(C)NC(=O)c3ccco3)ccc21. The number of rotatable bonds is 5. The molecule has 0 saturated carbocycles. The van der Waals surface area contributed by atoms with Gasteiger partial charge in [0.25, 0.3) is 11.8 Å². The number of benzene rings is 2.